The first-order valence-electron chi connectivity index (χ1n) is 12.3. The molecule has 0 radical (unpaired) electrons. The zero-order valence-corrected chi connectivity index (χ0v) is 22.2. The number of ether oxygens (including phenoxy) is 1. The van der Waals surface area contributed by atoms with Crippen LogP contribution in [0.25, 0.3) is 0 Å². The van der Waals surface area contributed by atoms with Gasteiger partial charge in [0.25, 0.3) is 0 Å². The summed E-state index contributed by atoms with van der Waals surface area (Å²) < 4.78 is 84.4. The lowest BCUT2D eigenvalue weighted by Gasteiger charge is -2.33. The van der Waals surface area contributed by atoms with Crippen LogP contribution in [-0.2, 0) is 21.0 Å². The third-order valence-corrected chi connectivity index (χ3v) is 8.51. The zero-order chi connectivity index (χ0) is 29.0. The summed E-state index contributed by atoms with van der Waals surface area (Å²) in [5.41, 5.74) is -2.25. The van der Waals surface area contributed by atoms with Crippen molar-refractivity contribution in [2.45, 2.75) is 56.6 Å². The summed E-state index contributed by atoms with van der Waals surface area (Å²) in [7, 11) is -3.81. The number of alkyl halides is 3. The van der Waals surface area contributed by atoms with Crippen molar-refractivity contribution in [2.75, 3.05) is 19.7 Å². The highest BCUT2D eigenvalue weighted by Crippen LogP contribution is 2.34. The van der Waals surface area contributed by atoms with Gasteiger partial charge in [0.05, 0.1) is 22.6 Å². The number of rotatable bonds is 10. The summed E-state index contributed by atoms with van der Waals surface area (Å²) in [6.45, 7) is 3.84. The minimum absolute atomic E-state index is 0.00592. The molecule has 2 aromatic rings. The summed E-state index contributed by atoms with van der Waals surface area (Å²) in [6, 6.07) is 7.14. The second-order valence-corrected chi connectivity index (χ2v) is 11.9. The van der Waals surface area contributed by atoms with Crippen molar-refractivity contribution in [1.82, 2.24) is 9.62 Å². The van der Waals surface area contributed by atoms with Gasteiger partial charge in [0.15, 0.2) is 0 Å². The van der Waals surface area contributed by atoms with Crippen molar-refractivity contribution >= 4 is 21.9 Å². The van der Waals surface area contributed by atoms with Crippen LogP contribution in [0.4, 0.5) is 17.6 Å². The summed E-state index contributed by atoms with van der Waals surface area (Å²) >= 11 is 0. The fourth-order valence-corrected chi connectivity index (χ4v) is 5.64. The third kappa shape index (κ3) is 7.69. The Hall–Kier alpha value is -3.19. The highest BCUT2D eigenvalue weighted by molar-refractivity contribution is 7.89. The van der Waals surface area contributed by atoms with E-state index in [2.05, 4.69) is 5.32 Å². The molecule has 1 heterocycles. The highest BCUT2D eigenvalue weighted by atomic mass is 32.2. The molecule has 1 aliphatic rings. The fraction of sp³-hybridized carbons (Fsp3) is 0.462. The van der Waals surface area contributed by atoms with E-state index >= 15 is 0 Å². The lowest BCUT2D eigenvalue weighted by Crippen LogP contribution is -2.49. The molecule has 39 heavy (non-hydrogen) atoms. The number of piperidine rings is 1. The number of hydrogen-bond donors (Lipinski definition) is 2. The lowest BCUT2D eigenvalue weighted by atomic mass is 9.86. The molecule has 3 rings (SSSR count). The van der Waals surface area contributed by atoms with Crippen LogP contribution in [0, 0.1) is 11.2 Å². The second kappa shape index (κ2) is 11.9. The maximum Gasteiger partial charge on any atom is 0.419 e. The fourth-order valence-electron chi connectivity index (χ4n) is 4.17. The van der Waals surface area contributed by atoms with Crippen molar-refractivity contribution in [3.63, 3.8) is 0 Å². The summed E-state index contributed by atoms with van der Waals surface area (Å²) in [4.78, 5) is 23.9. The van der Waals surface area contributed by atoms with E-state index in [1.54, 1.807) is 13.8 Å². The first kappa shape index (κ1) is 30.4. The number of halogens is 4. The van der Waals surface area contributed by atoms with Crippen molar-refractivity contribution in [3.05, 3.63) is 59.4 Å². The number of aromatic carboxylic acids is 1. The van der Waals surface area contributed by atoms with E-state index in [4.69, 9.17) is 9.84 Å². The largest absolute Gasteiger partial charge is 0.494 e. The first-order chi connectivity index (χ1) is 18.1. The molecule has 1 aliphatic heterocycles. The first-order valence-corrected chi connectivity index (χ1v) is 13.7. The van der Waals surface area contributed by atoms with Crippen molar-refractivity contribution in [3.8, 4) is 5.75 Å². The molecule has 0 saturated carbocycles. The minimum Gasteiger partial charge on any atom is -0.494 e. The predicted octanol–water partition coefficient (Wildman–Crippen LogP) is 4.70. The molecule has 214 valence electrons. The van der Waals surface area contributed by atoms with Gasteiger partial charge < -0.3 is 15.2 Å². The van der Waals surface area contributed by atoms with Gasteiger partial charge in [-0.3, -0.25) is 4.79 Å². The van der Waals surface area contributed by atoms with Crippen LogP contribution in [0.3, 0.4) is 0 Å². The molecule has 0 aliphatic carbocycles. The van der Waals surface area contributed by atoms with Crippen LogP contribution >= 0.6 is 0 Å². The molecule has 2 N–H and O–H groups in total. The third-order valence-electron chi connectivity index (χ3n) is 6.60. The molecule has 13 heteroatoms. The van der Waals surface area contributed by atoms with E-state index in [1.165, 1.54) is 28.6 Å². The van der Waals surface area contributed by atoms with E-state index in [0.29, 0.717) is 37.8 Å². The van der Waals surface area contributed by atoms with Crippen molar-refractivity contribution in [2.24, 2.45) is 5.41 Å². The van der Waals surface area contributed by atoms with E-state index in [-0.39, 0.29) is 47.9 Å². The molecule has 1 amide bonds. The Kier molecular flexibility index (Phi) is 9.27. The summed E-state index contributed by atoms with van der Waals surface area (Å²) in [5, 5.41) is 11.9. The molecule has 1 saturated heterocycles. The molecule has 8 nitrogen and oxygen atoms in total. The van der Waals surface area contributed by atoms with Gasteiger partial charge in [-0.15, -0.1) is 0 Å². The van der Waals surface area contributed by atoms with Crippen LogP contribution in [0.1, 0.15) is 55.5 Å². The number of carboxylic acids is 1. The average molecular weight is 575 g/mol. The smallest absolute Gasteiger partial charge is 0.419 e. The number of carbonyl (C=O) groups excluding carboxylic acids is 1. The van der Waals surface area contributed by atoms with Crippen LogP contribution in [0.15, 0.2) is 47.4 Å². The van der Waals surface area contributed by atoms with Gasteiger partial charge in [0.1, 0.15) is 11.6 Å². The van der Waals surface area contributed by atoms with Gasteiger partial charge in [-0.2, -0.15) is 17.5 Å². The van der Waals surface area contributed by atoms with Crippen LogP contribution in [0.2, 0.25) is 0 Å². The van der Waals surface area contributed by atoms with Gasteiger partial charge in [-0.05, 0) is 68.1 Å². The number of amides is 1. The Bertz CT molecular complexity index is 1290. The molecule has 1 fully saturated rings. The number of nitrogens with one attached hydrogen (secondary N) is 1. The summed E-state index contributed by atoms with van der Waals surface area (Å²) in [6.07, 6.45) is -3.33. The standard InChI is InChI=1S/C26H30F4N2O6S/c1-25(2,12-3-15-38-19-6-9-22(27)21(16-19)26(28,29)30)24(35)31-18-10-13-32(14-11-18)39(36,37)20-7-4-17(5-8-20)23(33)34/h4-9,16,18H,3,10-15H2,1-2H3,(H,31,35)(H,33,34). The average Bonchev–Trinajstić information content (AvgIpc) is 2.87. The van der Waals surface area contributed by atoms with E-state index in [9.17, 15) is 35.6 Å². The Morgan fingerprint density at radius 3 is 2.26 bits per heavy atom. The van der Waals surface area contributed by atoms with E-state index in [0.717, 1.165) is 6.07 Å². The summed E-state index contributed by atoms with van der Waals surface area (Å²) in [5.74, 6) is -2.90. The normalized spacial score (nSPS) is 15.6. The molecular formula is C26H30F4N2O6S. The van der Waals surface area contributed by atoms with Gasteiger partial charge in [0, 0.05) is 24.5 Å². The number of sulfonamides is 1. The maximum absolute atomic E-state index is 13.4. The van der Waals surface area contributed by atoms with Gasteiger partial charge in [-0.1, -0.05) is 13.8 Å². The number of carbonyl (C=O) groups is 2. The molecule has 0 aromatic heterocycles. The molecule has 0 spiro atoms. The predicted molar refractivity (Wildman–Crippen MR) is 133 cm³/mol. The molecule has 0 atom stereocenters. The Balaban J connectivity index is 1.46. The second-order valence-electron chi connectivity index (χ2n) is 9.96. The quantitative estimate of drug-likeness (QED) is 0.314. The number of benzene rings is 2. The van der Waals surface area contributed by atoms with Gasteiger partial charge in [-0.25, -0.2) is 17.6 Å². The molecular weight excluding hydrogens is 544 g/mol. The Morgan fingerprint density at radius 2 is 1.69 bits per heavy atom. The number of nitrogens with zero attached hydrogens (tertiary/aromatic N) is 1. The monoisotopic (exact) mass is 574 g/mol. The molecule has 2 aromatic carbocycles. The molecule has 0 unspecified atom stereocenters. The van der Waals surface area contributed by atoms with Gasteiger partial charge in [0.2, 0.25) is 15.9 Å². The van der Waals surface area contributed by atoms with E-state index in [1.807, 2.05) is 0 Å². The maximum atomic E-state index is 13.4. The Labute approximate surface area is 224 Å². The van der Waals surface area contributed by atoms with Crippen molar-refractivity contribution in [1.29, 1.82) is 0 Å². The van der Waals surface area contributed by atoms with Crippen LogP contribution < -0.4 is 10.1 Å². The SMILES string of the molecule is CC(C)(CCCOc1ccc(F)c(C(F)(F)F)c1)C(=O)NC1CCN(S(=O)(=O)c2ccc(C(=O)O)cc2)CC1. The number of hydrogen-bond acceptors (Lipinski definition) is 5. The van der Waals surface area contributed by atoms with Crippen LogP contribution in [0.5, 0.6) is 5.75 Å². The highest BCUT2D eigenvalue weighted by Gasteiger charge is 2.35. The Morgan fingerprint density at radius 1 is 1.08 bits per heavy atom. The van der Waals surface area contributed by atoms with Gasteiger partial charge >= 0.3 is 12.1 Å². The van der Waals surface area contributed by atoms with Crippen LogP contribution in [-0.4, -0.2) is 55.4 Å². The topological polar surface area (TPSA) is 113 Å². The van der Waals surface area contributed by atoms with Crippen molar-refractivity contribution < 1.29 is 45.4 Å². The lowest BCUT2D eigenvalue weighted by molar-refractivity contribution is -0.140. The van der Waals surface area contributed by atoms with E-state index < -0.39 is 39.0 Å². The zero-order valence-electron chi connectivity index (χ0n) is 21.4. The molecule has 0 bridgehead atoms. The number of carboxylic acid groups (broad SMARTS) is 1. The minimum atomic E-state index is -4.84.